The van der Waals surface area contributed by atoms with E-state index in [2.05, 4.69) is 51.5 Å². The third-order valence-corrected chi connectivity index (χ3v) is 4.67. The lowest BCUT2D eigenvalue weighted by molar-refractivity contribution is 0.183. The predicted molar refractivity (Wildman–Crippen MR) is 80.7 cm³/mol. The van der Waals surface area contributed by atoms with Crippen molar-refractivity contribution in [1.82, 2.24) is 15.1 Å². The Morgan fingerprint density at radius 1 is 1.37 bits per heavy atom. The van der Waals surface area contributed by atoms with Crippen LogP contribution in [-0.2, 0) is 0 Å². The van der Waals surface area contributed by atoms with Crippen LogP contribution in [0.3, 0.4) is 0 Å². The summed E-state index contributed by atoms with van der Waals surface area (Å²) < 4.78 is 2.18. The molecule has 0 aromatic carbocycles. The van der Waals surface area contributed by atoms with Gasteiger partial charge in [0.25, 0.3) is 0 Å². The largest absolute Gasteiger partial charge is 0.314 e. The monoisotopic (exact) mass is 263 g/mol. The molecule has 2 rings (SSSR count). The summed E-state index contributed by atoms with van der Waals surface area (Å²) in [7, 11) is 0. The molecule has 1 N–H and O–H groups in total. The molecule has 0 saturated heterocycles. The summed E-state index contributed by atoms with van der Waals surface area (Å²) in [5.41, 5.74) is 4.12. The fourth-order valence-electron chi connectivity index (χ4n) is 3.48. The summed E-state index contributed by atoms with van der Waals surface area (Å²) in [6.45, 7) is 14.6. The highest BCUT2D eigenvalue weighted by molar-refractivity contribution is 5.32. The minimum atomic E-state index is 0.455. The first-order valence-corrected chi connectivity index (χ1v) is 7.76. The fourth-order valence-corrected chi connectivity index (χ4v) is 3.48. The van der Waals surface area contributed by atoms with Gasteiger partial charge in [0.1, 0.15) is 0 Å². The van der Waals surface area contributed by atoms with E-state index in [1.165, 1.54) is 29.8 Å². The number of nitrogens with one attached hydrogen (secondary N) is 1. The SMILES string of the molecule is CCCNC1CC(c2c(C)nn(C(C)C)c2C)C1C. The van der Waals surface area contributed by atoms with Gasteiger partial charge in [-0.1, -0.05) is 13.8 Å². The van der Waals surface area contributed by atoms with Crippen LogP contribution in [0.1, 0.15) is 69.4 Å². The maximum Gasteiger partial charge on any atom is 0.0631 e. The van der Waals surface area contributed by atoms with Crippen molar-refractivity contribution in [2.75, 3.05) is 6.54 Å². The van der Waals surface area contributed by atoms with Gasteiger partial charge in [0.15, 0.2) is 0 Å². The lowest BCUT2D eigenvalue weighted by atomic mass is 9.66. The molecule has 3 nitrogen and oxygen atoms in total. The Balaban J connectivity index is 2.12. The zero-order valence-corrected chi connectivity index (χ0v) is 13.3. The van der Waals surface area contributed by atoms with Crippen LogP contribution in [0, 0.1) is 19.8 Å². The average Bonchev–Trinajstić information content (AvgIpc) is 2.65. The quantitative estimate of drug-likeness (QED) is 0.880. The van der Waals surface area contributed by atoms with Crippen molar-refractivity contribution in [2.45, 2.75) is 72.4 Å². The summed E-state index contributed by atoms with van der Waals surface area (Å²) in [6, 6.07) is 1.16. The zero-order valence-electron chi connectivity index (χ0n) is 13.3. The van der Waals surface area contributed by atoms with Crippen LogP contribution in [0.5, 0.6) is 0 Å². The van der Waals surface area contributed by atoms with Gasteiger partial charge in [-0.05, 0) is 64.5 Å². The average molecular weight is 263 g/mol. The van der Waals surface area contributed by atoms with E-state index in [4.69, 9.17) is 5.10 Å². The molecule has 0 bridgehead atoms. The Kier molecular flexibility index (Phi) is 4.34. The smallest absolute Gasteiger partial charge is 0.0631 e. The van der Waals surface area contributed by atoms with Crippen molar-refractivity contribution >= 4 is 0 Å². The molecule has 1 aromatic heterocycles. The Hall–Kier alpha value is -0.830. The molecule has 0 aliphatic heterocycles. The van der Waals surface area contributed by atoms with E-state index < -0.39 is 0 Å². The second-order valence-electron chi connectivity index (χ2n) is 6.38. The van der Waals surface area contributed by atoms with Crippen molar-refractivity contribution in [3.05, 3.63) is 17.0 Å². The topological polar surface area (TPSA) is 29.9 Å². The number of hydrogen-bond acceptors (Lipinski definition) is 2. The van der Waals surface area contributed by atoms with Crippen LogP contribution in [0.4, 0.5) is 0 Å². The maximum atomic E-state index is 4.73. The number of nitrogens with zero attached hydrogens (tertiary/aromatic N) is 2. The van der Waals surface area contributed by atoms with Crippen LogP contribution in [0.15, 0.2) is 0 Å². The lowest BCUT2D eigenvalue weighted by Crippen LogP contribution is -2.48. The highest BCUT2D eigenvalue weighted by Crippen LogP contribution is 2.45. The van der Waals surface area contributed by atoms with Crippen LogP contribution in [0.2, 0.25) is 0 Å². The van der Waals surface area contributed by atoms with Crippen molar-refractivity contribution in [1.29, 1.82) is 0 Å². The number of hydrogen-bond donors (Lipinski definition) is 1. The van der Waals surface area contributed by atoms with Crippen LogP contribution in [0.25, 0.3) is 0 Å². The Morgan fingerprint density at radius 3 is 2.53 bits per heavy atom. The molecule has 3 unspecified atom stereocenters. The van der Waals surface area contributed by atoms with Gasteiger partial charge in [-0.3, -0.25) is 4.68 Å². The Morgan fingerprint density at radius 2 is 2.05 bits per heavy atom. The summed E-state index contributed by atoms with van der Waals surface area (Å²) in [5, 5.41) is 8.39. The molecule has 0 spiro atoms. The minimum Gasteiger partial charge on any atom is -0.314 e. The van der Waals surface area contributed by atoms with E-state index in [1.54, 1.807) is 0 Å². The first kappa shape index (κ1) is 14.6. The molecule has 3 atom stereocenters. The molecule has 1 fully saturated rings. The molecule has 1 aliphatic rings. The molecule has 3 heteroatoms. The van der Waals surface area contributed by atoms with E-state index >= 15 is 0 Å². The maximum absolute atomic E-state index is 4.73. The second kappa shape index (κ2) is 5.66. The van der Waals surface area contributed by atoms with Gasteiger partial charge in [0.2, 0.25) is 0 Å². The molecule has 19 heavy (non-hydrogen) atoms. The number of rotatable bonds is 5. The highest BCUT2D eigenvalue weighted by atomic mass is 15.3. The van der Waals surface area contributed by atoms with Crippen molar-refractivity contribution in [3.63, 3.8) is 0 Å². The summed E-state index contributed by atoms with van der Waals surface area (Å²) in [6.07, 6.45) is 2.49. The Labute approximate surface area is 117 Å². The lowest BCUT2D eigenvalue weighted by Gasteiger charge is -2.44. The third-order valence-electron chi connectivity index (χ3n) is 4.67. The van der Waals surface area contributed by atoms with Gasteiger partial charge in [0.05, 0.1) is 5.69 Å². The van der Waals surface area contributed by atoms with Gasteiger partial charge in [0, 0.05) is 17.8 Å². The van der Waals surface area contributed by atoms with Gasteiger partial charge in [-0.25, -0.2) is 0 Å². The summed E-state index contributed by atoms with van der Waals surface area (Å²) in [4.78, 5) is 0. The van der Waals surface area contributed by atoms with E-state index in [1.807, 2.05) is 0 Å². The Bertz CT molecular complexity index is 433. The molecule has 1 saturated carbocycles. The first-order valence-electron chi connectivity index (χ1n) is 7.76. The molecular weight excluding hydrogens is 234 g/mol. The highest BCUT2D eigenvalue weighted by Gasteiger charge is 2.40. The molecule has 1 aromatic rings. The predicted octanol–water partition coefficient (Wildman–Crippen LogP) is 3.57. The van der Waals surface area contributed by atoms with Crippen LogP contribution < -0.4 is 5.32 Å². The van der Waals surface area contributed by atoms with Gasteiger partial charge in [-0.2, -0.15) is 5.10 Å². The summed E-state index contributed by atoms with van der Waals surface area (Å²) in [5.74, 6) is 1.43. The van der Waals surface area contributed by atoms with Gasteiger partial charge in [-0.15, -0.1) is 0 Å². The van der Waals surface area contributed by atoms with Gasteiger partial charge >= 0.3 is 0 Å². The van der Waals surface area contributed by atoms with Crippen molar-refractivity contribution in [3.8, 4) is 0 Å². The van der Waals surface area contributed by atoms with E-state index in [0.717, 1.165) is 12.5 Å². The fraction of sp³-hybridized carbons (Fsp3) is 0.812. The molecular formula is C16H29N3. The third kappa shape index (κ3) is 2.58. The molecule has 1 heterocycles. The van der Waals surface area contributed by atoms with Crippen LogP contribution in [-0.4, -0.2) is 22.4 Å². The minimum absolute atomic E-state index is 0.455. The van der Waals surface area contributed by atoms with Gasteiger partial charge < -0.3 is 5.32 Å². The standard InChI is InChI=1S/C16H29N3/c1-7-8-17-15-9-14(11(15)4)16-12(5)18-19(10(2)3)13(16)6/h10-11,14-15,17H,7-9H2,1-6H3. The van der Waals surface area contributed by atoms with Crippen molar-refractivity contribution < 1.29 is 0 Å². The molecule has 108 valence electrons. The summed E-state index contributed by atoms with van der Waals surface area (Å²) >= 11 is 0. The molecule has 0 radical (unpaired) electrons. The number of aryl methyl sites for hydroxylation is 1. The van der Waals surface area contributed by atoms with Crippen molar-refractivity contribution in [2.24, 2.45) is 5.92 Å². The normalized spacial score (nSPS) is 26.8. The number of aromatic nitrogens is 2. The van der Waals surface area contributed by atoms with E-state index in [-0.39, 0.29) is 0 Å². The first-order chi connectivity index (χ1) is 8.97. The zero-order chi connectivity index (χ0) is 14.2. The van der Waals surface area contributed by atoms with E-state index in [0.29, 0.717) is 18.0 Å². The second-order valence-corrected chi connectivity index (χ2v) is 6.38. The van der Waals surface area contributed by atoms with Crippen LogP contribution >= 0.6 is 0 Å². The molecule has 1 aliphatic carbocycles. The molecule has 0 amide bonds. The van der Waals surface area contributed by atoms with E-state index in [9.17, 15) is 0 Å².